The van der Waals surface area contributed by atoms with Crippen molar-refractivity contribution in [2.45, 2.75) is 43.5 Å². The average molecular weight is 288 g/mol. The Balaban J connectivity index is 2.32. The summed E-state index contributed by atoms with van der Waals surface area (Å²) in [7, 11) is -3.37. The Bertz CT molecular complexity index is 498. The smallest absolute Gasteiger partial charge is 0.207 e. The third-order valence-electron chi connectivity index (χ3n) is 3.46. The minimum absolute atomic E-state index is 0.138. The summed E-state index contributed by atoms with van der Waals surface area (Å²) in [6.45, 7) is 2.67. The van der Waals surface area contributed by atoms with E-state index in [1.165, 1.54) is 0 Å². The molecule has 0 spiro atoms. The predicted octanol–water partition coefficient (Wildman–Crippen LogP) is 3.29. The van der Waals surface area contributed by atoms with E-state index in [4.69, 9.17) is 11.6 Å². The SMILES string of the molecule is CC[C@H]1CCCCN1S(=O)(=O)c1ccc(Cl)cc1. The van der Waals surface area contributed by atoms with E-state index in [0.717, 1.165) is 25.7 Å². The minimum atomic E-state index is -3.37. The van der Waals surface area contributed by atoms with Crippen LogP contribution in [0.2, 0.25) is 5.02 Å². The highest BCUT2D eigenvalue weighted by Crippen LogP contribution is 2.27. The molecule has 0 aromatic heterocycles. The zero-order valence-corrected chi connectivity index (χ0v) is 12.0. The first-order chi connectivity index (χ1) is 8.55. The Morgan fingerprint density at radius 3 is 2.56 bits per heavy atom. The van der Waals surface area contributed by atoms with Crippen LogP contribution in [0.3, 0.4) is 0 Å². The van der Waals surface area contributed by atoms with Crippen LogP contribution in [0.4, 0.5) is 0 Å². The number of piperidine rings is 1. The van der Waals surface area contributed by atoms with Crippen molar-refractivity contribution in [3.63, 3.8) is 0 Å². The van der Waals surface area contributed by atoms with Crippen molar-refractivity contribution in [3.05, 3.63) is 29.3 Å². The van der Waals surface area contributed by atoms with E-state index in [9.17, 15) is 8.42 Å². The van der Waals surface area contributed by atoms with E-state index in [0.29, 0.717) is 16.5 Å². The van der Waals surface area contributed by atoms with Crippen LogP contribution in [0.25, 0.3) is 0 Å². The molecule has 1 fully saturated rings. The van der Waals surface area contributed by atoms with Crippen molar-refractivity contribution in [1.29, 1.82) is 0 Å². The largest absolute Gasteiger partial charge is 0.243 e. The van der Waals surface area contributed by atoms with Crippen LogP contribution in [0, 0.1) is 0 Å². The van der Waals surface area contributed by atoms with Gasteiger partial charge in [0.25, 0.3) is 0 Å². The Morgan fingerprint density at radius 2 is 1.94 bits per heavy atom. The average Bonchev–Trinajstić information content (AvgIpc) is 2.39. The van der Waals surface area contributed by atoms with Crippen molar-refractivity contribution in [1.82, 2.24) is 4.31 Å². The lowest BCUT2D eigenvalue weighted by Gasteiger charge is -2.34. The van der Waals surface area contributed by atoms with Gasteiger partial charge in [-0.1, -0.05) is 24.9 Å². The quantitative estimate of drug-likeness (QED) is 0.855. The molecule has 1 atom stereocenters. The molecular weight excluding hydrogens is 270 g/mol. The highest BCUT2D eigenvalue weighted by molar-refractivity contribution is 7.89. The first-order valence-electron chi connectivity index (χ1n) is 6.33. The van der Waals surface area contributed by atoms with E-state index < -0.39 is 10.0 Å². The molecule has 0 radical (unpaired) electrons. The summed E-state index contributed by atoms with van der Waals surface area (Å²) in [6, 6.07) is 6.55. The first kappa shape index (κ1) is 13.8. The maximum absolute atomic E-state index is 12.6. The maximum atomic E-state index is 12.6. The Kier molecular flexibility index (Phi) is 4.30. The Labute approximate surface area is 114 Å². The van der Waals surface area contributed by atoms with E-state index >= 15 is 0 Å². The monoisotopic (exact) mass is 287 g/mol. The number of rotatable bonds is 3. The van der Waals surface area contributed by atoms with Gasteiger partial charge in [-0.25, -0.2) is 8.42 Å². The van der Waals surface area contributed by atoms with Gasteiger partial charge in [0.15, 0.2) is 0 Å². The van der Waals surface area contributed by atoms with Gasteiger partial charge < -0.3 is 0 Å². The molecule has 1 aliphatic rings. The fourth-order valence-electron chi connectivity index (χ4n) is 2.44. The second kappa shape index (κ2) is 5.59. The predicted molar refractivity (Wildman–Crippen MR) is 73.3 cm³/mol. The lowest BCUT2D eigenvalue weighted by Crippen LogP contribution is -2.43. The molecule has 0 aliphatic carbocycles. The molecule has 1 saturated heterocycles. The van der Waals surface area contributed by atoms with Gasteiger partial charge in [-0.2, -0.15) is 4.31 Å². The van der Waals surface area contributed by atoms with E-state index in [1.807, 2.05) is 6.92 Å². The maximum Gasteiger partial charge on any atom is 0.243 e. The molecule has 5 heteroatoms. The van der Waals surface area contributed by atoms with Crippen LogP contribution in [0.5, 0.6) is 0 Å². The van der Waals surface area contributed by atoms with Crippen molar-refractivity contribution in [3.8, 4) is 0 Å². The number of halogens is 1. The van der Waals surface area contributed by atoms with Crippen molar-refractivity contribution in [2.75, 3.05) is 6.54 Å². The number of hydrogen-bond acceptors (Lipinski definition) is 2. The van der Waals surface area contributed by atoms with Gasteiger partial charge in [0.2, 0.25) is 10.0 Å². The molecule has 0 amide bonds. The second-order valence-corrected chi connectivity index (χ2v) is 6.95. The second-order valence-electron chi connectivity index (χ2n) is 4.63. The Morgan fingerprint density at radius 1 is 1.28 bits per heavy atom. The van der Waals surface area contributed by atoms with Crippen molar-refractivity contribution >= 4 is 21.6 Å². The molecule has 2 rings (SSSR count). The molecule has 1 aromatic rings. The zero-order chi connectivity index (χ0) is 13.2. The van der Waals surface area contributed by atoms with Gasteiger partial charge in [0.1, 0.15) is 0 Å². The van der Waals surface area contributed by atoms with Crippen LogP contribution in [-0.4, -0.2) is 25.3 Å². The van der Waals surface area contributed by atoms with Crippen LogP contribution < -0.4 is 0 Å². The lowest BCUT2D eigenvalue weighted by atomic mass is 10.0. The molecule has 1 aliphatic heterocycles. The van der Waals surface area contributed by atoms with Gasteiger partial charge in [-0.15, -0.1) is 0 Å². The highest BCUT2D eigenvalue weighted by Gasteiger charge is 2.32. The summed E-state index contributed by atoms with van der Waals surface area (Å²) in [5, 5.41) is 0.555. The third kappa shape index (κ3) is 2.71. The normalized spacial score (nSPS) is 22.0. The van der Waals surface area contributed by atoms with Gasteiger partial charge in [-0.3, -0.25) is 0 Å². The van der Waals surface area contributed by atoms with Crippen molar-refractivity contribution < 1.29 is 8.42 Å². The summed E-state index contributed by atoms with van der Waals surface area (Å²) in [6.07, 6.45) is 3.89. The molecule has 0 unspecified atom stereocenters. The lowest BCUT2D eigenvalue weighted by molar-refractivity contribution is 0.246. The number of hydrogen-bond donors (Lipinski definition) is 0. The van der Waals surface area contributed by atoms with E-state index in [2.05, 4.69) is 0 Å². The van der Waals surface area contributed by atoms with E-state index in [1.54, 1.807) is 28.6 Å². The topological polar surface area (TPSA) is 37.4 Å². The summed E-state index contributed by atoms with van der Waals surface area (Å²) in [5.74, 6) is 0. The van der Waals surface area contributed by atoms with Crippen LogP contribution in [0.1, 0.15) is 32.6 Å². The molecule has 0 saturated carbocycles. The van der Waals surface area contributed by atoms with Gasteiger partial charge in [-0.05, 0) is 43.5 Å². The number of benzene rings is 1. The number of nitrogens with zero attached hydrogens (tertiary/aromatic N) is 1. The zero-order valence-electron chi connectivity index (χ0n) is 10.5. The number of sulfonamides is 1. The van der Waals surface area contributed by atoms with Gasteiger partial charge >= 0.3 is 0 Å². The molecule has 0 bridgehead atoms. The third-order valence-corrected chi connectivity index (χ3v) is 5.68. The standard InChI is InChI=1S/C13H18ClNO2S/c1-2-12-5-3-4-10-15(12)18(16,17)13-8-6-11(14)7-9-13/h6-9,12H,2-5,10H2,1H3/t12-/m0/s1. The van der Waals surface area contributed by atoms with E-state index in [-0.39, 0.29) is 6.04 Å². The minimum Gasteiger partial charge on any atom is -0.207 e. The fraction of sp³-hybridized carbons (Fsp3) is 0.538. The van der Waals surface area contributed by atoms with Gasteiger partial charge in [0, 0.05) is 17.6 Å². The fourth-order valence-corrected chi connectivity index (χ4v) is 4.33. The summed E-state index contributed by atoms with van der Waals surface area (Å²) in [5.41, 5.74) is 0. The van der Waals surface area contributed by atoms with Crippen molar-refractivity contribution in [2.24, 2.45) is 0 Å². The molecule has 100 valence electrons. The van der Waals surface area contributed by atoms with Crippen LogP contribution in [0.15, 0.2) is 29.2 Å². The Hall–Kier alpha value is -0.580. The molecule has 0 N–H and O–H groups in total. The molecule has 18 heavy (non-hydrogen) atoms. The van der Waals surface area contributed by atoms with Crippen LogP contribution >= 0.6 is 11.6 Å². The summed E-state index contributed by atoms with van der Waals surface area (Å²) in [4.78, 5) is 0.340. The first-order valence-corrected chi connectivity index (χ1v) is 8.15. The summed E-state index contributed by atoms with van der Waals surface area (Å²) >= 11 is 5.80. The molecular formula is C13H18ClNO2S. The molecule has 1 aromatic carbocycles. The highest BCUT2D eigenvalue weighted by atomic mass is 35.5. The molecule has 3 nitrogen and oxygen atoms in total. The summed E-state index contributed by atoms with van der Waals surface area (Å²) < 4.78 is 26.8. The van der Waals surface area contributed by atoms with Crippen LogP contribution in [-0.2, 0) is 10.0 Å². The molecule has 1 heterocycles. The van der Waals surface area contributed by atoms with Gasteiger partial charge in [0.05, 0.1) is 4.90 Å².